The number of amides is 1. The highest BCUT2D eigenvalue weighted by atomic mass is 127. The van der Waals surface area contributed by atoms with Crippen LogP contribution in [0, 0.1) is 0 Å². The Morgan fingerprint density at radius 3 is 2.21 bits per heavy atom. The van der Waals surface area contributed by atoms with Gasteiger partial charge in [-0.15, -0.1) is 24.0 Å². The van der Waals surface area contributed by atoms with Crippen molar-refractivity contribution in [1.29, 1.82) is 0 Å². The summed E-state index contributed by atoms with van der Waals surface area (Å²) in [4.78, 5) is 21.9. The van der Waals surface area contributed by atoms with Crippen LogP contribution in [0.25, 0.3) is 0 Å². The first-order valence-corrected chi connectivity index (χ1v) is 9.38. The molecule has 29 heavy (non-hydrogen) atoms. The van der Waals surface area contributed by atoms with Crippen molar-refractivity contribution in [2.24, 2.45) is 4.99 Å². The van der Waals surface area contributed by atoms with Gasteiger partial charge in [0.05, 0.1) is 5.56 Å². The van der Waals surface area contributed by atoms with Crippen molar-refractivity contribution in [3.05, 3.63) is 29.8 Å². The fraction of sp³-hybridized carbons (Fsp3) is 0.579. The maximum Gasteiger partial charge on any atom is 0.416 e. The van der Waals surface area contributed by atoms with E-state index in [2.05, 4.69) is 27.0 Å². The third kappa shape index (κ3) is 7.56. The average Bonchev–Trinajstić information content (AvgIpc) is 2.67. The minimum absolute atomic E-state index is 0. The van der Waals surface area contributed by atoms with Gasteiger partial charge < -0.3 is 20.0 Å². The Morgan fingerprint density at radius 1 is 1.14 bits per heavy atom. The molecule has 0 unspecified atom stereocenters. The topological polar surface area (TPSA) is 51.2 Å². The highest BCUT2D eigenvalue weighted by molar-refractivity contribution is 14.0. The summed E-state index contributed by atoms with van der Waals surface area (Å²) < 4.78 is 38.1. The van der Waals surface area contributed by atoms with Crippen LogP contribution in [0.5, 0.6) is 0 Å². The van der Waals surface area contributed by atoms with Gasteiger partial charge in [0, 0.05) is 52.5 Å². The van der Waals surface area contributed by atoms with E-state index in [-0.39, 0.29) is 36.4 Å². The molecule has 0 aromatic heterocycles. The van der Waals surface area contributed by atoms with Gasteiger partial charge in [0.25, 0.3) is 0 Å². The van der Waals surface area contributed by atoms with Gasteiger partial charge in [-0.3, -0.25) is 4.79 Å². The Kier molecular flexibility index (Phi) is 10.0. The summed E-state index contributed by atoms with van der Waals surface area (Å²) in [6.45, 7) is 5.57. The lowest BCUT2D eigenvalue weighted by Gasteiger charge is -2.38. The third-order valence-electron chi connectivity index (χ3n) is 4.53. The predicted octanol–water partition coefficient (Wildman–Crippen LogP) is 2.89. The second-order valence-electron chi connectivity index (χ2n) is 6.87. The van der Waals surface area contributed by atoms with E-state index in [1.54, 1.807) is 14.1 Å². The molecule has 1 aliphatic rings. The minimum Gasteiger partial charge on any atom is -0.368 e. The van der Waals surface area contributed by atoms with Crippen LogP contribution in [0.1, 0.15) is 18.9 Å². The molecule has 0 spiro atoms. The molecule has 1 heterocycles. The van der Waals surface area contributed by atoms with E-state index in [4.69, 9.17) is 0 Å². The van der Waals surface area contributed by atoms with E-state index in [0.717, 1.165) is 30.8 Å². The van der Waals surface area contributed by atoms with Crippen molar-refractivity contribution in [3.8, 4) is 0 Å². The zero-order chi connectivity index (χ0) is 20.7. The van der Waals surface area contributed by atoms with Gasteiger partial charge in [-0.05, 0) is 30.7 Å². The maximum atomic E-state index is 12.7. The first kappa shape index (κ1) is 25.3. The zero-order valence-corrected chi connectivity index (χ0v) is 19.3. The summed E-state index contributed by atoms with van der Waals surface area (Å²) in [6.07, 6.45) is -3.39. The quantitative estimate of drug-likeness (QED) is 0.364. The van der Waals surface area contributed by atoms with E-state index >= 15 is 0 Å². The average molecular weight is 527 g/mol. The van der Waals surface area contributed by atoms with Gasteiger partial charge in [-0.25, -0.2) is 4.99 Å². The molecule has 1 saturated heterocycles. The Labute approximate surface area is 187 Å². The summed E-state index contributed by atoms with van der Waals surface area (Å²) in [6, 6.07) is 5.26. The van der Waals surface area contributed by atoms with Crippen LogP contribution < -0.4 is 10.2 Å². The first-order chi connectivity index (χ1) is 13.2. The number of guanidine groups is 1. The molecule has 164 valence electrons. The van der Waals surface area contributed by atoms with Crippen LogP contribution in [0.3, 0.4) is 0 Å². The predicted molar refractivity (Wildman–Crippen MR) is 120 cm³/mol. The molecule has 0 bridgehead atoms. The van der Waals surface area contributed by atoms with Crippen molar-refractivity contribution >= 4 is 41.5 Å². The van der Waals surface area contributed by atoms with Gasteiger partial charge in [-0.1, -0.05) is 6.92 Å². The monoisotopic (exact) mass is 527 g/mol. The molecule has 1 aliphatic heterocycles. The van der Waals surface area contributed by atoms with Crippen molar-refractivity contribution in [1.82, 2.24) is 15.1 Å². The number of rotatable bonds is 5. The summed E-state index contributed by atoms with van der Waals surface area (Å²) in [5.41, 5.74) is 0.133. The van der Waals surface area contributed by atoms with Crippen molar-refractivity contribution in [2.75, 3.05) is 58.3 Å². The molecule has 0 saturated carbocycles. The Balaban J connectivity index is 0.00000420. The number of benzene rings is 1. The molecule has 1 amide bonds. The normalized spacial score (nSPS) is 15.0. The number of hydrogen-bond donors (Lipinski definition) is 1. The Bertz CT molecular complexity index is 671. The minimum atomic E-state index is -4.32. The summed E-state index contributed by atoms with van der Waals surface area (Å²) >= 11 is 0. The van der Waals surface area contributed by atoms with Gasteiger partial charge in [0.15, 0.2) is 5.96 Å². The SMILES string of the molecule is CCCNC(=NCC(=O)N(C)C)N1CCN(c2ccc(C(F)(F)F)cc2)CC1.I. The summed E-state index contributed by atoms with van der Waals surface area (Å²) in [5.74, 6) is 0.628. The molecular weight excluding hydrogens is 498 g/mol. The fourth-order valence-corrected chi connectivity index (χ4v) is 2.83. The molecule has 0 aliphatic carbocycles. The van der Waals surface area contributed by atoms with Crippen molar-refractivity contribution in [2.45, 2.75) is 19.5 Å². The Hall–Kier alpha value is -1.72. The number of hydrogen-bond acceptors (Lipinski definition) is 3. The number of likely N-dealkylation sites (N-methyl/N-ethyl adjacent to an activating group) is 1. The lowest BCUT2D eigenvalue weighted by molar-refractivity contribution is -0.137. The standard InChI is InChI=1S/C19H28F3N5O.HI/c1-4-9-23-18(24-14-17(28)25(2)3)27-12-10-26(11-13-27)16-7-5-15(6-8-16)19(20,21)22;/h5-8H,4,9-14H2,1-3H3,(H,23,24);1H. The number of aliphatic imine (C=N–C) groups is 1. The van der Waals surface area contributed by atoms with Gasteiger partial charge in [0.1, 0.15) is 6.54 Å². The number of alkyl halides is 3. The van der Waals surface area contributed by atoms with E-state index in [9.17, 15) is 18.0 Å². The molecule has 0 radical (unpaired) electrons. The molecule has 6 nitrogen and oxygen atoms in total. The molecule has 1 fully saturated rings. The lowest BCUT2D eigenvalue weighted by atomic mass is 10.1. The Morgan fingerprint density at radius 2 is 1.72 bits per heavy atom. The number of anilines is 1. The highest BCUT2D eigenvalue weighted by Gasteiger charge is 2.30. The molecule has 2 rings (SSSR count). The number of nitrogens with one attached hydrogen (secondary N) is 1. The van der Waals surface area contributed by atoms with Crippen LogP contribution in [0.15, 0.2) is 29.3 Å². The number of nitrogens with zero attached hydrogens (tertiary/aromatic N) is 4. The van der Waals surface area contributed by atoms with E-state index < -0.39 is 11.7 Å². The number of carbonyl (C=O) groups excluding carboxylic acids is 1. The zero-order valence-electron chi connectivity index (χ0n) is 17.0. The van der Waals surface area contributed by atoms with Gasteiger partial charge in [0.2, 0.25) is 5.91 Å². The van der Waals surface area contributed by atoms with E-state index in [1.807, 2.05) is 0 Å². The number of piperazine rings is 1. The second kappa shape index (κ2) is 11.5. The molecule has 1 aromatic rings. The molecular formula is C19H29F3IN5O. The lowest BCUT2D eigenvalue weighted by Crippen LogP contribution is -2.53. The van der Waals surface area contributed by atoms with Gasteiger partial charge in [-0.2, -0.15) is 13.2 Å². The summed E-state index contributed by atoms with van der Waals surface area (Å²) in [7, 11) is 3.39. The maximum absolute atomic E-state index is 12.7. The van der Waals surface area contributed by atoms with Crippen LogP contribution in [0.2, 0.25) is 0 Å². The summed E-state index contributed by atoms with van der Waals surface area (Å²) in [5, 5.41) is 3.27. The smallest absolute Gasteiger partial charge is 0.368 e. The van der Waals surface area contributed by atoms with E-state index in [1.165, 1.54) is 17.0 Å². The highest BCUT2D eigenvalue weighted by Crippen LogP contribution is 2.30. The first-order valence-electron chi connectivity index (χ1n) is 9.38. The number of halogens is 4. The largest absolute Gasteiger partial charge is 0.416 e. The fourth-order valence-electron chi connectivity index (χ4n) is 2.83. The van der Waals surface area contributed by atoms with Crippen LogP contribution in [-0.4, -0.2) is 75.0 Å². The van der Waals surface area contributed by atoms with Crippen LogP contribution in [0.4, 0.5) is 18.9 Å². The van der Waals surface area contributed by atoms with E-state index in [0.29, 0.717) is 32.1 Å². The molecule has 10 heteroatoms. The van der Waals surface area contributed by atoms with Crippen molar-refractivity contribution in [3.63, 3.8) is 0 Å². The third-order valence-corrected chi connectivity index (χ3v) is 4.53. The molecule has 1 N–H and O–H groups in total. The second-order valence-corrected chi connectivity index (χ2v) is 6.87. The van der Waals surface area contributed by atoms with Crippen LogP contribution in [-0.2, 0) is 11.0 Å². The van der Waals surface area contributed by atoms with Crippen molar-refractivity contribution < 1.29 is 18.0 Å². The van der Waals surface area contributed by atoms with Crippen LogP contribution >= 0.6 is 24.0 Å². The number of carbonyl (C=O) groups is 1. The van der Waals surface area contributed by atoms with Gasteiger partial charge >= 0.3 is 6.18 Å². The molecule has 0 atom stereocenters. The molecule has 1 aromatic carbocycles.